The molecule has 0 atom stereocenters. The van der Waals surface area contributed by atoms with Crippen molar-refractivity contribution in [2.45, 2.75) is 11.8 Å². The van der Waals surface area contributed by atoms with Gasteiger partial charge >= 0.3 is 11.1 Å². The van der Waals surface area contributed by atoms with E-state index in [1.807, 2.05) is 0 Å². The van der Waals surface area contributed by atoms with Gasteiger partial charge < -0.3 is 9.13 Å². The fraction of sp³-hybridized carbons (Fsp3) is 0.176. The second-order valence-corrected chi connectivity index (χ2v) is 8.06. The van der Waals surface area contributed by atoms with Gasteiger partial charge in [-0.1, -0.05) is 11.6 Å². The van der Waals surface area contributed by atoms with Crippen LogP contribution in [0.2, 0.25) is 5.02 Å². The number of nitrogens with zero attached hydrogens (tertiary/aromatic N) is 2. The Morgan fingerprint density at radius 1 is 0.923 bits per heavy atom. The minimum Gasteiger partial charge on any atom is -0.305 e. The maximum Gasteiger partial charge on any atom is 0.316 e. The van der Waals surface area contributed by atoms with Gasteiger partial charge in [0.1, 0.15) is 0 Å². The van der Waals surface area contributed by atoms with Crippen LogP contribution in [0.15, 0.2) is 50.9 Å². The maximum absolute atomic E-state index is 12.6. The van der Waals surface area contributed by atoms with Crippen LogP contribution in [0.3, 0.4) is 0 Å². The number of fused-ring (bicyclic) bond motifs is 1. The Kier molecular flexibility index (Phi) is 4.41. The van der Waals surface area contributed by atoms with Crippen LogP contribution >= 0.6 is 11.6 Å². The summed E-state index contributed by atoms with van der Waals surface area (Å²) in [5, 5.41) is 0.432. The lowest BCUT2D eigenvalue weighted by Crippen LogP contribution is -2.39. The summed E-state index contributed by atoms with van der Waals surface area (Å²) >= 11 is 5.80. The summed E-state index contributed by atoms with van der Waals surface area (Å²) in [7, 11) is -0.853. The number of aryl methyl sites for hydroxylation is 3. The lowest BCUT2D eigenvalue weighted by molar-refractivity contribution is 0.601. The summed E-state index contributed by atoms with van der Waals surface area (Å²) in [5.74, 6) is 0. The molecule has 0 radical (unpaired) electrons. The highest BCUT2D eigenvalue weighted by molar-refractivity contribution is 7.92. The highest BCUT2D eigenvalue weighted by Gasteiger charge is 2.17. The molecule has 0 aliphatic carbocycles. The number of anilines is 1. The van der Waals surface area contributed by atoms with Gasteiger partial charge in [0.05, 0.1) is 21.6 Å². The molecule has 2 aromatic carbocycles. The van der Waals surface area contributed by atoms with Gasteiger partial charge in [-0.15, -0.1) is 0 Å². The van der Waals surface area contributed by atoms with Gasteiger partial charge in [0, 0.05) is 19.1 Å². The molecule has 0 aliphatic heterocycles. The van der Waals surface area contributed by atoms with E-state index in [1.54, 1.807) is 19.1 Å². The van der Waals surface area contributed by atoms with Crippen molar-refractivity contribution in [2.24, 2.45) is 14.1 Å². The third-order valence-electron chi connectivity index (χ3n) is 4.20. The fourth-order valence-corrected chi connectivity index (χ4v) is 3.90. The van der Waals surface area contributed by atoms with E-state index >= 15 is 0 Å². The Balaban J connectivity index is 2.17. The average molecular weight is 394 g/mol. The fourth-order valence-electron chi connectivity index (χ4n) is 2.65. The van der Waals surface area contributed by atoms with Crippen molar-refractivity contribution in [1.29, 1.82) is 0 Å². The van der Waals surface area contributed by atoms with Crippen LogP contribution in [0.4, 0.5) is 5.69 Å². The molecule has 9 heteroatoms. The Morgan fingerprint density at radius 3 is 1.96 bits per heavy atom. The van der Waals surface area contributed by atoms with Gasteiger partial charge in [-0.25, -0.2) is 8.42 Å². The third-order valence-corrected chi connectivity index (χ3v) is 5.84. The average Bonchev–Trinajstić information content (AvgIpc) is 2.59. The monoisotopic (exact) mass is 393 g/mol. The number of nitrogens with one attached hydrogen (secondary N) is 1. The molecular weight excluding hydrogens is 378 g/mol. The van der Waals surface area contributed by atoms with Crippen LogP contribution in [0.1, 0.15) is 5.56 Å². The number of hydrogen-bond donors (Lipinski definition) is 1. The van der Waals surface area contributed by atoms with Crippen molar-refractivity contribution < 1.29 is 8.42 Å². The molecule has 0 spiro atoms. The van der Waals surface area contributed by atoms with Crippen LogP contribution < -0.4 is 15.8 Å². The zero-order valence-corrected chi connectivity index (χ0v) is 15.9. The van der Waals surface area contributed by atoms with Gasteiger partial charge in [0.15, 0.2) is 0 Å². The molecule has 7 nitrogen and oxygen atoms in total. The second-order valence-electron chi connectivity index (χ2n) is 5.94. The van der Waals surface area contributed by atoms with Gasteiger partial charge in [-0.05, 0) is 48.9 Å². The summed E-state index contributed by atoms with van der Waals surface area (Å²) in [6.07, 6.45) is 0. The topological polar surface area (TPSA) is 90.2 Å². The van der Waals surface area contributed by atoms with E-state index in [4.69, 9.17) is 11.6 Å². The normalized spacial score (nSPS) is 11.7. The van der Waals surface area contributed by atoms with E-state index in [0.717, 1.165) is 0 Å². The molecule has 1 aromatic heterocycles. The molecule has 0 amide bonds. The molecule has 0 unspecified atom stereocenters. The van der Waals surface area contributed by atoms with Crippen LogP contribution in [-0.2, 0) is 24.1 Å². The summed E-state index contributed by atoms with van der Waals surface area (Å²) in [4.78, 5) is 24.0. The Hall–Kier alpha value is -2.58. The molecule has 136 valence electrons. The third kappa shape index (κ3) is 3.02. The molecule has 0 saturated heterocycles. The van der Waals surface area contributed by atoms with E-state index in [1.165, 1.54) is 47.5 Å². The molecule has 0 fully saturated rings. The molecular formula is C17H16ClN3O4S. The number of halogens is 1. The van der Waals surface area contributed by atoms with Crippen LogP contribution in [0.5, 0.6) is 0 Å². The predicted molar refractivity (Wildman–Crippen MR) is 101 cm³/mol. The van der Waals surface area contributed by atoms with Crippen LogP contribution in [-0.4, -0.2) is 17.6 Å². The highest BCUT2D eigenvalue weighted by atomic mass is 35.5. The first-order valence-corrected chi connectivity index (χ1v) is 9.46. The molecule has 1 heterocycles. The van der Waals surface area contributed by atoms with E-state index in [9.17, 15) is 18.0 Å². The zero-order chi connectivity index (χ0) is 19.2. The van der Waals surface area contributed by atoms with Gasteiger partial charge in [0.2, 0.25) is 0 Å². The van der Waals surface area contributed by atoms with Crippen LogP contribution in [0, 0.1) is 6.92 Å². The van der Waals surface area contributed by atoms with Gasteiger partial charge in [0.25, 0.3) is 10.0 Å². The van der Waals surface area contributed by atoms with E-state index in [2.05, 4.69) is 4.72 Å². The first kappa shape index (κ1) is 18.2. The highest BCUT2D eigenvalue weighted by Crippen LogP contribution is 2.25. The largest absolute Gasteiger partial charge is 0.316 e. The van der Waals surface area contributed by atoms with Crippen LogP contribution in [0.25, 0.3) is 11.0 Å². The minimum absolute atomic E-state index is 0.0655. The second kappa shape index (κ2) is 6.30. The number of sulfonamides is 1. The zero-order valence-electron chi connectivity index (χ0n) is 14.3. The number of aromatic nitrogens is 2. The SMILES string of the molecule is Cc1cc2c(cc1NS(=O)(=O)c1ccc(Cl)cc1)n(C)c(=O)c(=O)n2C. The molecule has 3 aromatic rings. The molecule has 0 aliphatic rings. The minimum atomic E-state index is -3.83. The summed E-state index contributed by atoms with van der Waals surface area (Å²) in [5.41, 5.74) is 0.578. The standard InChI is InChI=1S/C17H16ClN3O4S/c1-10-8-14-15(21(3)17(23)16(22)20(14)2)9-13(10)19-26(24,25)12-6-4-11(18)5-7-12/h4-9,19H,1-3H3. The lowest BCUT2D eigenvalue weighted by atomic mass is 10.1. The Bertz CT molecular complexity index is 1240. The smallest absolute Gasteiger partial charge is 0.305 e. The lowest BCUT2D eigenvalue weighted by Gasteiger charge is -2.15. The summed E-state index contributed by atoms with van der Waals surface area (Å²) in [6.45, 7) is 1.72. The number of rotatable bonds is 3. The van der Waals surface area contributed by atoms with Crippen molar-refractivity contribution in [3.8, 4) is 0 Å². The van der Waals surface area contributed by atoms with E-state index in [0.29, 0.717) is 27.3 Å². The van der Waals surface area contributed by atoms with E-state index < -0.39 is 21.1 Å². The first-order valence-electron chi connectivity index (χ1n) is 7.60. The van der Waals surface area contributed by atoms with Crippen molar-refractivity contribution in [3.63, 3.8) is 0 Å². The summed E-state index contributed by atoms with van der Waals surface area (Å²) in [6, 6.07) is 8.99. The van der Waals surface area contributed by atoms with E-state index in [-0.39, 0.29) is 4.90 Å². The molecule has 1 N–H and O–H groups in total. The van der Waals surface area contributed by atoms with Crippen molar-refractivity contribution in [2.75, 3.05) is 4.72 Å². The van der Waals surface area contributed by atoms with Crippen molar-refractivity contribution in [1.82, 2.24) is 9.13 Å². The van der Waals surface area contributed by atoms with Crippen molar-refractivity contribution in [3.05, 3.63) is 67.7 Å². The van der Waals surface area contributed by atoms with Gasteiger partial charge in [-0.2, -0.15) is 0 Å². The molecule has 0 bridgehead atoms. The molecule has 3 rings (SSSR count). The number of hydrogen-bond acceptors (Lipinski definition) is 4. The molecule has 26 heavy (non-hydrogen) atoms. The number of benzene rings is 2. The first-order chi connectivity index (χ1) is 12.1. The predicted octanol–water partition coefficient (Wildman–Crippen LogP) is 2.00. The van der Waals surface area contributed by atoms with Gasteiger partial charge in [-0.3, -0.25) is 14.3 Å². The van der Waals surface area contributed by atoms with Crippen molar-refractivity contribution >= 4 is 38.3 Å². The summed E-state index contributed by atoms with van der Waals surface area (Å²) < 4.78 is 30.2. The molecule has 0 saturated carbocycles. The quantitative estimate of drug-likeness (QED) is 0.689. The Labute approximate surface area is 154 Å². The Morgan fingerprint density at radius 2 is 1.42 bits per heavy atom. The maximum atomic E-state index is 12.6.